The summed E-state index contributed by atoms with van der Waals surface area (Å²) >= 11 is 0. The van der Waals surface area contributed by atoms with Gasteiger partial charge in [0.1, 0.15) is 6.54 Å². The molecule has 1 saturated heterocycles. The van der Waals surface area contributed by atoms with Crippen LogP contribution in [0.2, 0.25) is 0 Å². The van der Waals surface area contributed by atoms with Gasteiger partial charge in [0.2, 0.25) is 6.41 Å². The van der Waals surface area contributed by atoms with Gasteiger partial charge in [-0.1, -0.05) is 12.0 Å². The molecule has 258 valence electrons. The molecule has 1 amide bonds. The minimum Gasteiger partial charge on any atom is -0.373 e. The van der Waals surface area contributed by atoms with Crippen LogP contribution in [0.4, 0.5) is 18.9 Å². The minimum absolute atomic E-state index is 0.0784. The highest BCUT2D eigenvalue weighted by Crippen LogP contribution is 2.27. The summed E-state index contributed by atoms with van der Waals surface area (Å²) in [4.78, 5) is 17.3. The van der Waals surface area contributed by atoms with Crippen molar-refractivity contribution in [3.05, 3.63) is 59.5 Å². The Bertz CT molecular complexity index is 1740. The number of carbonyl (C=O) groups excluding carboxylic acids is 1. The third-order valence-electron chi connectivity index (χ3n) is 8.36. The van der Waals surface area contributed by atoms with Gasteiger partial charge < -0.3 is 25.4 Å². The van der Waals surface area contributed by atoms with E-state index in [1.807, 2.05) is 6.07 Å². The van der Waals surface area contributed by atoms with Gasteiger partial charge in [-0.3, -0.25) is 9.78 Å². The molecule has 1 aliphatic rings. The Labute approximate surface area is 280 Å². The van der Waals surface area contributed by atoms with Crippen LogP contribution in [0.15, 0.2) is 42.6 Å². The van der Waals surface area contributed by atoms with E-state index in [-0.39, 0.29) is 29.8 Å². The number of anilines is 1. The molecule has 14 heteroatoms. The maximum absolute atomic E-state index is 13.6. The molecule has 3 N–H and O–H groups in total. The lowest BCUT2D eigenvalue weighted by molar-refractivity contribution is -0.140. The lowest BCUT2D eigenvalue weighted by Crippen LogP contribution is -2.41. The van der Waals surface area contributed by atoms with Crippen LogP contribution in [0.25, 0.3) is 10.9 Å². The first-order chi connectivity index (χ1) is 22.8. The number of hydrogen-bond acceptors (Lipinski definition) is 8. The van der Waals surface area contributed by atoms with Gasteiger partial charge in [0.15, 0.2) is 9.84 Å². The lowest BCUT2D eigenvalue weighted by Gasteiger charge is -2.27. The zero-order valence-electron chi connectivity index (χ0n) is 27.2. The topological polar surface area (TPSA) is 132 Å². The van der Waals surface area contributed by atoms with E-state index in [1.54, 1.807) is 50.4 Å². The smallest absolute Gasteiger partial charge is 0.373 e. The molecule has 0 spiro atoms. The Hall–Kier alpha value is -4.11. The molecule has 0 radical (unpaired) electrons. The summed E-state index contributed by atoms with van der Waals surface area (Å²) in [5.74, 6) is 6.18. The van der Waals surface area contributed by atoms with E-state index in [4.69, 9.17) is 0 Å². The van der Waals surface area contributed by atoms with Crippen molar-refractivity contribution in [3.8, 4) is 17.9 Å². The van der Waals surface area contributed by atoms with E-state index < -0.39 is 28.0 Å². The number of sulfone groups is 1. The average Bonchev–Trinajstić information content (AvgIpc) is 3.37. The van der Waals surface area contributed by atoms with Gasteiger partial charge in [-0.15, -0.1) is 0 Å². The first kappa shape index (κ1) is 36.7. The summed E-state index contributed by atoms with van der Waals surface area (Å²) < 4.78 is 65.3. The van der Waals surface area contributed by atoms with Crippen LogP contribution in [-0.4, -0.2) is 85.7 Å². The van der Waals surface area contributed by atoms with Gasteiger partial charge in [-0.2, -0.15) is 18.4 Å². The molecule has 4 rings (SSSR count). The molecule has 3 heterocycles. The van der Waals surface area contributed by atoms with Crippen molar-refractivity contribution in [2.75, 3.05) is 49.5 Å². The Morgan fingerprint density at radius 3 is 2.54 bits per heavy atom. The number of hydrogen-bond donors (Lipinski definition) is 3. The quantitative estimate of drug-likeness (QED) is 0.125. The predicted molar refractivity (Wildman–Crippen MR) is 180 cm³/mol. The fourth-order valence-corrected chi connectivity index (χ4v) is 6.83. The number of aromatic nitrogens is 2. The van der Waals surface area contributed by atoms with Crippen molar-refractivity contribution in [2.45, 2.75) is 63.8 Å². The predicted octanol–water partition coefficient (Wildman–Crippen LogP) is 3.97. The second kappa shape index (κ2) is 16.3. The van der Waals surface area contributed by atoms with Crippen LogP contribution in [0, 0.1) is 23.2 Å². The number of halogens is 3. The fraction of sp³-hybridized carbons (Fsp3) is 0.500. The van der Waals surface area contributed by atoms with E-state index in [2.05, 4.69) is 43.7 Å². The summed E-state index contributed by atoms with van der Waals surface area (Å²) in [5.41, 5.74) is 2.17. The first-order valence-electron chi connectivity index (χ1n) is 15.9. The van der Waals surface area contributed by atoms with Crippen LogP contribution >= 0.6 is 0 Å². The number of benzene rings is 1. The molecule has 3 aromatic rings. The van der Waals surface area contributed by atoms with Gasteiger partial charge in [-0.25, -0.2) is 8.42 Å². The maximum atomic E-state index is 13.6. The lowest BCUT2D eigenvalue weighted by atomic mass is 9.91. The molecule has 0 bridgehead atoms. The van der Waals surface area contributed by atoms with Gasteiger partial charge in [0.25, 0.3) is 0 Å². The number of carbonyl (C=O) groups is 1. The minimum atomic E-state index is -4.43. The number of nitrogens with one attached hydrogen (secondary N) is 3. The molecular formula is C34H42F3N7O3S. The molecule has 1 aromatic carbocycles. The van der Waals surface area contributed by atoms with Crippen LogP contribution in [0.1, 0.15) is 50.1 Å². The van der Waals surface area contributed by atoms with Gasteiger partial charge >= 0.3 is 6.18 Å². The van der Waals surface area contributed by atoms with Crippen LogP contribution in [-0.2, 0) is 33.1 Å². The maximum Gasteiger partial charge on any atom is 0.406 e. The summed E-state index contributed by atoms with van der Waals surface area (Å²) in [6, 6.07) is 12.8. The number of nitrogens with zero attached hydrogens (tertiary/aromatic N) is 4. The second-order valence-electron chi connectivity index (χ2n) is 12.5. The SMILES string of the molecule is CC(C)(C#N)c1ccc(NCC#Cc2cc3cc(CNC(CCCN4CCS(=O)(=O)CC4)CCNC=O)ccc3n2CC(F)(F)F)cn1. The van der Waals surface area contributed by atoms with Gasteiger partial charge in [0.05, 0.1) is 52.8 Å². The standard InChI is InChI=1S/C34H42F3N7O3S/c1-33(2,23-38)32-10-8-29(22-42-32)40-12-3-6-30-20-27-19-26(7-9-31(27)44(30)24-34(35,36)37)21-41-28(11-13-39-25-45)5-4-14-43-15-17-48(46,47)18-16-43/h7-10,19-20,22,25,28,40-41H,4-5,11-18,21,24H2,1-2H3,(H,39,45). The Morgan fingerprint density at radius 1 is 1.10 bits per heavy atom. The highest BCUT2D eigenvalue weighted by atomic mass is 32.2. The van der Waals surface area contributed by atoms with Crippen molar-refractivity contribution in [3.63, 3.8) is 0 Å². The third-order valence-corrected chi connectivity index (χ3v) is 9.97. The molecule has 10 nitrogen and oxygen atoms in total. The van der Waals surface area contributed by atoms with E-state index in [0.717, 1.165) is 24.9 Å². The number of nitriles is 1. The average molecular weight is 686 g/mol. The molecule has 0 saturated carbocycles. The van der Waals surface area contributed by atoms with Gasteiger partial charge in [0, 0.05) is 43.1 Å². The third kappa shape index (κ3) is 11.0. The Kier molecular flexibility index (Phi) is 12.5. The zero-order chi connectivity index (χ0) is 34.8. The fourth-order valence-electron chi connectivity index (χ4n) is 5.55. The molecule has 2 aromatic heterocycles. The van der Waals surface area contributed by atoms with Crippen molar-refractivity contribution in [1.82, 2.24) is 25.1 Å². The molecule has 0 aliphatic carbocycles. The van der Waals surface area contributed by atoms with Crippen molar-refractivity contribution >= 4 is 32.8 Å². The summed E-state index contributed by atoms with van der Waals surface area (Å²) in [7, 11) is -2.93. The highest BCUT2D eigenvalue weighted by molar-refractivity contribution is 7.91. The molecular weight excluding hydrogens is 643 g/mol. The normalized spacial score (nSPS) is 15.7. The monoisotopic (exact) mass is 685 g/mol. The largest absolute Gasteiger partial charge is 0.406 e. The van der Waals surface area contributed by atoms with Crippen molar-refractivity contribution in [1.29, 1.82) is 5.26 Å². The molecule has 1 atom stereocenters. The van der Waals surface area contributed by atoms with E-state index >= 15 is 0 Å². The Morgan fingerprint density at radius 2 is 1.88 bits per heavy atom. The summed E-state index contributed by atoms with van der Waals surface area (Å²) in [5, 5.41) is 19.3. The number of rotatable bonds is 15. The summed E-state index contributed by atoms with van der Waals surface area (Å²) in [6.45, 7) is 5.42. The molecule has 1 unspecified atom stereocenters. The molecule has 48 heavy (non-hydrogen) atoms. The number of alkyl halides is 3. The molecule has 1 fully saturated rings. The van der Waals surface area contributed by atoms with Crippen molar-refractivity contribution < 1.29 is 26.4 Å². The number of pyridine rings is 1. The van der Waals surface area contributed by atoms with Crippen LogP contribution < -0.4 is 16.0 Å². The molecule has 1 aliphatic heterocycles. The van der Waals surface area contributed by atoms with E-state index in [0.29, 0.717) is 61.3 Å². The zero-order valence-corrected chi connectivity index (χ0v) is 28.1. The van der Waals surface area contributed by atoms with E-state index in [9.17, 15) is 31.6 Å². The highest BCUT2D eigenvalue weighted by Gasteiger charge is 2.30. The van der Waals surface area contributed by atoms with Crippen LogP contribution in [0.5, 0.6) is 0 Å². The number of fused-ring (bicyclic) bond motifs is 1. The van der Waals surface area contributed by atoms with Crippen molar-refractivity contribution in [2.24, 2.45) is 0 Å². The number of amides is 1. The summed E-state index contributed by atoms with van der Waals surface area (Å²) in [6.07, 6.45) is 0.197. The van der Waals surface area contributed by atoms with Gasteiger partial charge in [-0.05, 0) is 81.5 Å². The van der Waals surface area contributed by atoms with E-state index in [1.165, 1.54) is 4.57 Å². The van der Waals surface area contributed by atoms with Crippen LogP contribution in [0.3, 0.4) is 0 Å². The second-order valence-corrected chi connectivity index (χ2v) is 14.8. The first-order valence-corrected chi connectivity index (χ1v) is 17.7. The Balaban J connectivity index is 1.41.